The van der Waals surface area contributed by atoms with E-state index in [1.54, 1.807) is 28.2 Å². The molecule has 0 saturated heterocycles. The first kappa shape index (κ1) is 14.9. The highest BCUT2D eigenvalue weighted by molar-refractivity contribution is 8.14. The summed E-state index contributed by atoms with van der Waals surface area (Å²) in [6.07, 6.45) is 0. The normalized spacial score (nSPS) is 10.0. The molecule has 0 atom stereocenters. The van der Waals surface area contributed by atoms with E-state index in [0.717, 1.165) is 9.79 Å². The van der Waals surface area contributed by atoms with Crippen molar-refractivity contribution in [1.29, 1.82) is 0 Å². The largest absolute Gasteiger partial charge is 0.339 e. The Morgan fingerprint density at radius 3 is 1.28 bits per heavy atom. The Morgan fingerprint density at radius 1 is 0.778 bits per heavy atom. The van der Waals surface area contributed by atoms with Crippen LogP contribution in [-0.4, -0.2) is 48.5 Å². The molecule has 1 aromatic rings. The lowest BCUT2D eigenvalue weighted by atomic mass is 10.4. The Kier molecular flexibility index (Phi) is 5.55. The minimum absolute atomic E-state index is 0.0141. The minimum Gasteiger partial charge on any atom is -0.339 e. The first-order chi connectivity index (χ1) is 8.40. The molecule has 0 saturated carbocycles. The summed E-state index contributed by atoms with van der Waals surface area (Å²) in [7, 11) is 6.87. The molecule has 0 aromatic heterocycles. The summed E-state index contributed by atoms with van der Waals surface area (Å²) in [4.78, 5) is 27.8. The van der Waals surface area contributed by atoms with Gasteiger partial charge in [0.15, 0.2) is 0 Å². The molecule has 0 aliphatic heterocycles. The van der Waals surface area contributed by atoms with Gasteiger partial charge in [-0.05, 0) is 47.8 Å². The van der Waals surface area contributed by atoms with Crippen molar-refractivity contribution in [3.8, 4) is 0 Å². The third-order valence-corrected chi connectivity index (χ3v) is 4.06. The van der Waals surface area contributed by atoms with Gasteiger partial charge in [-0.3, -0.25) is 9.59 Å². The summed E-state index contributed by atoms with van der Waals surface area (Å²) in [5, 5.41) is -0.0282. The van der Waals surface area contributed by atoms with Gasteiger partial charge in [0.05, 0.1) is 0 Å². The molecule has 0 unspecified atom stereocenters. The molecule has 98 valence electrons. The average molecular weight is 284 g/mol. The van der Waals surface area contributed by atoms with E-state index in [2.05, 4.69) is 0 Å². The number of hydrogen-bond acceptors (Lipinski definition) is 4. The van der Waals surface area contributed by atoms with Gasteiger partial charge in [-0.1, -0.05) is 0 Å². The second-order valence-corrected chi connectivity index (χ2v) is 6.05. The molecular weight excluding hydrogens is 268 g/mol. The van der Waals surface area contributed by atoms with Crippen molar-refractivity contribution in [3.05, 3.63) is 24.3 Å². The number of hydrogen-bond donors (Lipinski definition) is 0. The van der Waals surface area contributed by atoms with Gasteiger partial charge in [0, 0.05) is 38.0 Å². The molecule has 4 nitrogen and oxygen atoms in total. The maximum atomic E-state index is 11.5. The summed E-state index contributed by atoms with van der Waals surface area (Å²) in [6.45, 7) is 0. The second-order valence-electron chi connectivity index (χ2n) is 4.00. The lowest BCUT2D eigenvalue weighted by Gasteiger charge is -2.10. The summed E-state index contributed by atoms with van der Waals surface area (Å²) in [5.74, 6) is 0. The number of thioether (sulfide) groups is 2. The van der Waals surface area contributed by atoms with Crippen LogP contribution in [-0.2, 0) is 0 Å². The Morgan fingerprint density at radius 2 is 1.06 bits per heavy atom. The van der Waals surface area contributed by atoms with Crippen molar-refractivity contribution in [3.63, 3.8) is 0 Å². The van der Waals surface area contributed by atoms with E-state index < -0.39 is 0 Å². The summed E-state index contributed by atoms with van der Waals surface area (Å²) >= 11 is 2.34. The van der Waals surface area contributed by atoms with E-state index in [0.29, 0.717) is 0 Å². The smallest absolute Gasteiger partial charge is 0.285 e. The van der Waals surface area contributed by atoms with Crippen molar-refractivity contribution in [2.45, 2.75) is 9.79 Å². The van der Waals surface area contributed by atoms with E-state index in [4.69, 9.17) is 0 Å². The third-order valence-electron chi connectivity index (χ3n) is 1.96. The number of rotatable bonds is 2. The molecule has 1 aromatic carbocycles. The zero-order valence-corrected chi connectivity index (χ0v) is 12.5. The molecule has 0 heterocycles. The quantitative estimate of drug-likeness (QED) is 0.782. The highest BCUT2D eigenvalue weighted by atomic mass is 32.2. The van der Waals surface area contributed by atoms with Crippen molar-refractivity contribution in [2.75, 3.05) is 28.2 Å². The van der Waals surface area contributed by atoms with Crippen molar-refractivity contribution in [2.24, 2.45) is 0 Å². The van der Waals surface area contributed by atoms with Crippen LogP contribution in [0, 0.1) is 0 Å². The third kappa shape index (κ3) is 4.62. The number of carbonyl (C=O) groups is 2. The van der Waals surface area contributed by atoms with Crippen molar-refractivity contribution < 1.29 is 9.59 Å². The maximum absolute atomic E-state index is 11.5. The number of carbonyl (C=O) groups excluding carboxylic acids is 2. The van der Waals surface area contributed by atoms with Gasteiger partial charge < -0.3 is 9.80 Å². The zero-order chi connectivity index (χ0) is 13.7. The molecule has 1 rings (SSSR count). The lowest BCUT2D eigenvalue weighted by Crippen LogP contribution is -2.16. The molecule has 6 heteroatoms. The van der Waals surface area contributed by atoms with Gasteiger partial charge in [0.1, 0.15) is 0 Å². The highest BCUT2D eigenvalue weighted by Gasteiger charge is 2.09. The van der Waals surface area contributed by atoms with Gasteiger partial charge >= 0.3 is 0 Å². The summed E-state index contributed by atoms with van der Waals surface area (Å²) in [5.41, 5.74) is 0. The Hall–Kier alpha value is -1.14. The molecule has 0 fully saturated rings. The van der Waals surface area contributed by atoms with E-state index >= 15 is 0 Å². The topological polar surface area (TPSA) is 40.6 Å². The van der Waals surface area contributed by atoms with Gasteiger partial charge in [-0.15, -0.1) is 0 Å². The molecule has 18 heavy (non-hydrogen) atoms. The Bertz CT molecular complexity index is 389. The fourth-order valence-electron chi connectivity index (χ4n) is 0.960. The van der Waals surface area contributed by atoms with Crippen LogP contribution >= 0.6 is 23.5 Å². The van der Waals surface area contributed by atoms with Crippen LogP contribution in [0.25, 0.3) is 0 Å². The minimum atomic E-state index is -0.0141. The zero-order valence-electron chi connectivity index (χ0n) is 10.8. The van der Waals surface area contributed by atoms with Crippen LogP contribution < -0.4 is 0 Å². The Labute approximate surface area is 116 Å². The molecule has 0 aliphatic rings. The SMILES string of the molecule is CN(C)C(=O)Sc1ccc(SC(=O)N(C)C)cc1. The molecule has 0 spiro atoms. The van der Waals surface area contributed by atoms with E-state index in [-0.39, 0.29) is 10.5 Å². The van der Waals surface area contributed by atoms with Gasteiger partial charge in [-0.25, -0.2) is 0 Å². The number of benzene rings is 1. The molecule has 0 N–H and O–H groups in total. The van der Waals surface area contributed by atoms with Crippen molar-refractivity contribution in [1.82, 2.24) is 9.80 Å². The van der Waals surface area contributed by atoms with Crippen molar-refractivity contribution >= 4 is 34.0 Å². The monoisotopic (exact) mass is 284 g/mol. The first-order valence-electron chi connectivity index (χ1n) is 5.28. The molecule has 0 radical (unpaired) electrons. The van der Waals surface area contributed by atoms with Gasteiger partial charge in [0.25, 0.3) is 10.5 Å². The van der Waals surface area contributed by atoms with Crippen LogP contribution in [0.1, 0.15) is 0 Å². The first-order valence-corrected chi connectivity index (χ1v) is 6.92. The fourth-order valence-corrected chi connectivity index (χ4v) is 2.27. The highest BCUT2D eigenvalue weighted by Crippen LogP contribution is 2.25. The fraction of sp³-hybridized carbons (Fsp3) is 0.333. The predicted octanol–water partition coefficient (Wildman–Crippen LogP) is 3.23. The van der Waals surface area contributed by atoms with Crippen LogP contribution in [0.15, 0.2) is 34.1 Å². The molecule has 2 amide bonds. The van der Waals surface area contributed by atoms with Crippen LogP contribution in [0.4, 0.5) is 9.59 Å². The van der Waals surface area contributed by atoms with Crippen LogP contribution in [0.2, 0.25) is 0 Å². The molecule has 0 bridgehead atoms. The van der Waals surface area contributed by atoms with E-state index in [9.17, 15) is 9.59 Å². The number of nitrogens with zero attached hydrogens (tertiary/aromatic N) is 2. The maximum Gasteiger partial charge on any atom is 0.285 e. The van der Waals surface area contributed by atoms with Gasteiger partial charge in [-0.2, -0.15) is 0 Å². The average Bonchev–Trinajstić information content (AvgIpc) is 2.31. The Balaban J connectivity index is 2.63. The molecule has 0 aliphatic carbocycles. The summed E-state index contributed by atoms with van der Waals surface area (Å²) < 4.78 is 0. The van der Waals surface area contributed by atoms with E-state index in [1.807, 2.05) is 24.3 Å². The van der Waals surface area contributed by atoms with E-state index in [1.165, 1.54) is 33.3 Å². The molecular formula is C12H16N2O2S2. The lowest BCUT2D eigenvalue weighted by molar-refractivity contribution is 0.240. The van der Waals surface area contributed by atoms with Crippen LogP contribution in [0.5, 0.6) is 0 Å². The predicted molar refractivity (Wildman–Crippen MR) is 76.3 cm³/mol. The standard InChI is InChI=1S/C12H16N2O2S2/c1-13(2)11(15)17-9-5-7-10(8-6-9)18-12(16)14(3)4/h5-8H,1-4H3. The second kappa shape index (κ2) is 6.70. The summed E-state index contributed by atoms with van der Waals surface area (Å²) in [6, 6.07) is 7.38. The number of amides is 2. The van der Waals surface area contributed by atoms with Crippen LogP contribution in [0.3, 0.4) is 0 Å². The van der Waals surface area contributed by atoms with Gasteiger partial charge in [0.2, 0.25) is 0 Å².